The zero-order valence-electron chi connectivity index (χ0n) is 12.3. The summed E-state index contributed by atoms with van der Waals surface area (Å²) in [5, 5.41) is 10.9. The van der Waals surface area contributed by atoms with Crippen LogP contribution in [0.3, 0.4) is 0 Å². The molecule has 1 atom stereocenters. The predicted molar refractivity (Wildman–Crippen MR) is 89.2 cm³/mol. The van der Waals surface area contributed by atoms with E-state index in [0.717, 1.165) is 11.1 Å². The van der Waals surface area contributed by atoms with Gasteiger partial charge in [-0.25, -0.2) is 0 Å². The van der Waals surface area contributed by atoms with Gasteiger partial charge in [0, 0.05) is 10.0 Å². The zero-order valence-corrected chi connectivity index (χ0v) is 13.8. The molecule has 0 amide bonds. The number of rotatable bonds is 3. The van der Waals surface area contributed by atoms with Gasteiger partial charge in [-0.3, -0.25) is 0 Å². The average molecular weight is 318 g/mol. The van der Waals surface area contributed by atoms with E-state index in [1.807, 2.05) is 24.3 Å². The maximum absolute atomic E-state index is 9.55. The number of hydrogen-bond donors (Lipinski definition) is 0. The third kappa shape index (κ3) is 3.40. The lowest BCUT2D eigenvalue weighted by Gasteiger charge is -2.17. The molecule has 108 valence electrons. The lowest BCUT2D eigenvalue weighted by molar-refractivity contribution is 0.853. The predicted octanol–water partition coefficient (Wildman–Crippen LogP) is 6.08. The van der Waals surface area contributed by atoms with Crippen LogP contribution in [0.5, 0.6) is 0 Å². The van der Waals surface area contributed by atoms with Gasteiger partial charge in [0.2, 0.25) is 0 Å². The van der Waals surface area contributed by atoms with E-state index in [1.165, 1.54) is 11.1 Å². The quantitative estimate of drug-likeness (QED) is 0.672. The number of aryl methyl sites for hydroxylation is 1. The SMILES string of the molecule is Cc1cc(C(C#N)c2ccc(Cl)cc2)c(Cl)cc1C(C)C. The maximum atomic E-state index is 9.55. The Bertz CT molecular complexity index is 682. The van der Waals surface area contributed by atoms with Crippen molar-refractivity contribution in [2.45, 2.75) is 32.6 Å². The molecule has 2 rings (SSSR count). The van der Waals surface area contributed by atoms with Crippen LogP contribution in [0.1, 0.15) is 47.9 Å². The first-order chi connectivity index (χ1) is 9.93. The molecule has 2 aromatic carbocycles. The van der Waals surface area contributed by atoms with Crippen molar-refractivity contribution in [3.63, 3.8) is 0 Å². The molecule has 0 spiro atoms. The third-order valence-corrected chi connectivity index (χ3v) is 4.23. The fourth-order valence-corrected chi connectivity index (χ4v) is 2.95. The van der Waals surface area contributed by atoms with E-state index in [1.54, 1.807) is 12.1 Å². The molecule has 0 aliphatic heterocycles. The third-order valence-electron chi connectivity index (χ3n) is 3.65. The molecule has 0 saturated heterocycles. The van der Waals surface area contributed by atoms with Crippen molar-refractivity contribution >= 4 is 23.2 Å². The molecule has 0 radical (unpaired) electrons. The lowest BCUT2D eigenvalue weighted by atomic mass is 9.88. The summed E-state index contributed by atoms with van der Waals surface area (Å²) in [4.78, 5) is 0. The van der Waals surface area contributed by atoms with Crippen LogP contribution in [0, 0.1) is 18.3 Å². The summed E-state index contributed by atoms with van der Waals surface area (Å²) >= 11 is 12.3. The molecule has 0 aliphatic rings. The molecule has 3 heteroatoms. The van der Waals surface area contributed by atoms with Crippen molar-refractivity contribution in [1.82, 2.24) is 0 Å². The molecule has 1 nitrogen and oxygen atoms in total. The maximum Gasteiger partial charge on any atom is 0.0977 e. The number of nitrogens with zero attached hydrogens (tertiary/aromatic N) is 1. The molecular formula is C18H17Cl2N. The minimum absolute atomic E-state index is 0.380. The van der Waals surface area contributed by atoms with Crippen molar-refractivity contribution in [3.05, 3.63) is 68.7 Å². The molecule has 2 aromatic rings. The average Bonchev–Trinajstić information content (AvgIpc) is 2.44. The first-order valence-corrected chi connectivity index (χ1v) is 7.64. The Balaban J connectivity index is 2.51. The van der Waals surface area contributed by atoms with Gasteiger partial charge in [-0.2, -0.15) is 5.26 Å². The first kappa shape index (κ1) is 15.9. The van der Waals surface area contributed by atoms with Crippen molar-refractivity contribution < 1.29 is 0 Å². The molecule has 1 unspecified atom stereocenters. The number of hydrogen-bond acceptors (Lipinski definition) is 1. The Hall–Kier alpha value is -1.49. The Morgan fingerprint density at radius 1 is 1.00 bits per heavy atom. The molecular weight excluding hydrogens is 301 g/mol. The van der Waals surface area contributed by atoms with E-state index in [0.29, 0.717) is 16.0 Å². The Morgan fingerprint density at radius 3 is 2.14 bits per heavy atom. The van der Waals surface area contributed by atoms with Crippen LogP contribution in [0.4, 0.5) is 0 Å². The Kier molecular flexibility index (Phi) is 4.93. The van der Waals surface area contributed by atoms with E-state index < -0.39 is 0 Å². The van der Waals surface area contributed by atoms with Gasteiger partial charge >= 0.3 is 0 Å². The normalized spacial score (nSPS) is 12.2. The molecule has 0 fully saturated rings. The fraction of sp³-hybridized carbons (Fsp3) is 0.278. The summed E-state index contributed by atoms with van der Waals surface area (Å²) in [6.45, 7) is 6.34. The Morgan fingerprint density at radius 2 is 1.62 bits per heavy atom. The number of nitriles is 1. The van der Waals surface area contributed by atoms with Crippen LogP contribution in [0.2, 0.25) is 10.0 Å². The smallest absolute Gasteiger partial charge is 0.0977 e. The van der Waals surface area contributed by atoms with E-state index >= 15 is 0 Å². The van der Waals surface area contributed by atoms with Gasteiger partial charge in [0.15, 0.2) is 0 Å². The van der Waals surface area contributed by atoms with Gasteiger partial charge < -0.3 is 0 Å². The Labute approximate surface area is 136 Å². The summed E-state index contributed by atoms with van der Waals surface area (Å²) in [5.74, 6) is 0.0299. The van der Waals surface area contributed by atoms with E-state index in [4.69, 9.17) is 23.2 Å². The summed E-state index contributed by atoms with van der Waals surface area (Å²) < 4.78 is 0. The lowest BCUT2D eigenvalue weighted by Crippen LogP contribution is -2.02. The summed E-state index contributed by atoms with van der Waals surface area (Å²) in [7, 11) is 0. The molecule has 0 heterocycles. The second kappa shape index (κ2) is 6.52. The standard InChI is InChI=1S/C18H17Cl2N/c1-11(2)15-9-18(20)16(8-12(15)3)17(10-21)13-4-6-14(19)7-5-13/h4-9,11,17H,1-3H3. The van der Waals surface area contributed by atoms with Crippen LogP contribution >= 0.6 is 23.2 Å². The summed E-state index contributed by atoms with van der Waals surface area (Å²) in [6.07, 6.45) is 0. The van der Waals surface area contributed by atoms with Crippen molar-refractivity contribution in [1.29, 1.82) is 5.26 Å². The number of halogens is 2. The highest BCUT2D eigenvalue weighted by Crippen LogP contribution is 2.34. The van der Waals surface area contributed by atoms with E-state index in [-0.39, 0.29) is 5.92 Å². The van der Waals surface area contributed by atoms with Crippen molar-refractivity contribution in [2.24, 2.45) is 0 Å². The van der Waals surface area contributed by atoms with Crippen LogP contribution in [0.15, 0.2) is 36.4 Å². The van der Waals surface area contributed by atoms with Crippen molar-refractivity contribution in [2.75, 3.05) is 0 Å². The highest BCUT2D eigenvalue weighted by Gasteiger charge is 2.18. The molecule has 21 heavy (non-hydrogen) atoms. The minimum Gasteiger partial charge on any atom is -0.197 e. The highest BCUT2D eigenvalue weighted by molar-refractivity contribution is 6.31. The van der Waals surface area contributed by atoms with Crippen LogP contribution in [-0.4, -0.2) is 0 Å². The van der Waals surface area contributed by atoms with Gasteiger partial charge in [0.05, 0.1) is 12.0 Å². The molecule has 0 N–H and O–H groups in total. The monoisotopic (exact) mass is 317 g/mol. The molecule has 0 bridgehead atoms. The largest absolute Gasteiger partial charge is 0.197 e. The van der Waals surface area contributed by atoms with Gasteiger partial charge in [-0.1, -0.05) is 55.2 Å². The van der Waals surface area contributed by atoms with Gasteiger partial charge in [-0.15, -0.1) is 0 Å². The fourth-order valence-electron chi connectivity index (χ4n) is 2.54. The summed E-state index contributed by atoms with van der Waals surface area (Å²) in [6, 6.07) is 13.7. The van der Waals surface area contributed by atoms with Gasteiger partial charge in [0.1, 0.15) is 0 Å². The topological polar surface area (TPSA) is 23.8 Å². The molecule has 0 aliphatic carbocycles. The van der Waals surface area contributed by atoms with Crippen LogP contribution < -0.4 is 0 Å². The van der Waals surface area contributed by atoms with Gasteiger partial charge in [-0.05, 0) is 53.3 Å². The van der Waals surface area contributed by atoms with Gasteiger partial charge in [0.25, 0.3) is 0 Å². The van der Waals surface area contributed by atoms with E-state index in [9.17, 15) is 5.26 Å². The minimum atomic E-state index is -0.380. The first-order valence-electron chi connectivity index (χ1n) is 6.89. The molecule has 0 aromatic heterocycles. The second-order valence-corrected chi connectivity index (χ2v) is 6.34. The van der Waals surface area contributed by atoms with Crippen molar-refractivity contribution in [3.8, 4) is 6.07 Å². The van der Waals surface area contributed by atoms with Crippen LogP contribution in [-0.2, 0) is 0 Å². The van der Waals surface area contributed by atoms with E-state index in [2.05, 4.69) is 26.8 Å². The molecule has 0 saturated carbocycles. The van der Waals surface area contributed by atoms with Crippen LogP contribution in [0.25, 0.3) is 0 Å². The second-order valence-electron chi connectivity index (χ2n) is 5.50. The highest BCUT2D eigenvalue weighted by atomic mass is 35.5. The summed E-state index contributed by atoms with van der Waals surface area (Å²) in [5.41, 5.74) is 4.14. The zero-order chi connectivity index (χ0) is 15.6. The number of benzene rings is 2.